The quantitative estimate of drug-likeness (QED) is 0.719. The maximum absolute atomic E-state index is 5.65. The second-order valence-corrected chi connectivity index (χ2v) is 6.84. The van der Waals surface area contributed by atoms with Crippen LogP contribution in [-0.4, -0.2) is 49.6 Å². The van der Waals surface area contributed by atoms with E-state index in [4.69, 9.17) is 4.42 Å². The molecular formula is C17H33N3O. The number of likely N-dealkylation sites (N-methyl/N-ethyl adjacent to an activating group) is 1. The van der Waals surface area contributed by atoms with Crippen LogP contribution in [0.2, 0.25) is 0 Å². The van der Waals surface area contributed by atoms with Crippen LogP contribution in [0.1, 0.15) is 39.0 Å². The monoisotopic (exact) mass is 295 g/mol. The fraction of sp³-hybridized carbons (Fsp3) is 0.765. The first-order chi connectivity index (χ1) is 9.88. The van der Waals surface area contributed by atoms with Crippen LogP contribution in [0.5, 0.6) is 0 Å². The van der Waals surface area contributed by atoms with Crippen LogP contribution in [0.3, 0.4) is 0 Å². The van der Waals surface area contributed by atoms with Crippen molar-refractivity contribution < 1.29 is 4.42 Å². The van der Waals surface area contributed by atoms with Crippen molar-refractivity contribution >= 4 is 0 Å². The summed E-state index contributed by atoms with van der Waals surface area (Å²) >= 11 is 0. The lowest BCUT2D eigenvalue weighted by Gasteiger charge is -2.25. The first-order valence-corrected chi connectivity index (χ1v) is 8.04. The van der Waals surface area contributed by atoms with Gasteiger partial charge < -0.3 is 14.6 Å². The average Bonchev–Trinajstić information content (AvgIpc) is 2.80. The molecule has 21 heavy (non-hydrogen) atoms. The highest BCUT2D eigenvalue weighted by Crippen LogP contribution is 2.14. The third-order valence-corrected chi connectivity index (χ3v) is 3.39. The van der Waals surface area contributed by atoms with Crippen molar-refractivity contribution in [2.24, 2.45) is 5.92 Å². The zero-order valence-corrected chi connectivity index (χ0v) is 14.6. The van der Waals surface area contributed by atoms with Crippen LogP contribution >= 0.6 is 0 Å². The van der Waals surface area contributed by atoms with Crippen LogP contribution in [0.15, 0.2) is 16.7 Å². The Morgan fingerprint density at radius 3 is 2.43 bits per heavy atom. The van der Waals surface area contributed by atoms with Gasteiger partial charge in [-0.2, -0.15) is 0 Å². The molecule has 4 nitrogen and oxygen atoms in total. The Labute approximate surface area is 130 Å². The Morgan fingerprint density at radius 1 is 1.14 bits per heavy atom. The van der Waals surface area contributed by atoms with Gasteiger partial charge in [0, 0.05) is 37.8 Å². The number of hydrogen-bond acceptors (Lipinski definition) is 4. The van der Waals surface area contributed by atoms with Gasteiger partial charge in [-0.05, 0) is 26.1 Å². The Hall–Kier alpha value is -0.840. The minimum atomic E-state index is 0.475. The van der Waals surface area contributed by atoms with E-state index in [0.29, 0.717) is 12.0 Å². The molecular weight excluding hydrogens is 262 g/mol. The summed E-state index contributed by atoms with van der Waals surface area (Å²) in [6.45, 7) is 13.9. The summed E-state index contributed by atoms with van der Waals surface area (Å²) in [5, 5.41) is 3.43. The van der Waals surface area contributed by atoms with E-state index in [1.807, 2.05) is 6.26 Å². The zero-order chi connectivity index (χ0) is 15.8. The Bertz CT molecular complexity index is 385. The Kier molecular flexibility index (Phi) is 8.01. The molecule has 1 aromatic heterocycles. The predicted molar refractivity (Wildman–Crippen MR) is 89.4 cm³/mol. The second kappa shape index (κ2) is 9.23. The molecule has 0 radical (unpaired) electrons. The molecule has 0 aliphatic carbocycles. The molecule has 0 aliphatic heterocycles. The van der Waals surface area contributed by atoms with Crippen LogP contribution in [0.25, 0.3) is 0 Å². The van der Waals surface area contributed by atoms with Crippen LogP contribution in [0.4, 0.5) is 0 Å². The predicted octanol–water partition coefficient (Wildman–Crippen LogP) is 2.80. The molecule has 0 fully saturated rings. The second-order valence-electron chi connectivity index (χ2n) is 6.84. The van der Waals surface area contributed by atoms with Gasteiger partial charge in [0.1, 0.15) is 5.76 Å². The molecule has 0 aromatic carbocycles. The van der Waals surface area contributed by atoms with E-state index in [1.54, 1.807) is 0 Å². The molecule has 0 bridgehead atoms. The highest BCUT2D eigenvalue weighted by molar-refractivity contribution is 5.17. The molecule has 0 saturated carbocycles. The molecule has 0 spiro atoms. The molecule has 1 aromatic rings. The number of furan rings is 1. The van der Waals surface area contributed by atoms with Gasteiger partial charge in [0.05, 0.1) is 12.8 Å². The summed E-state index contributed by atoms with van der Waals surface area (Å²) in [6.07, 6.45) is 1.81. The van der Waals surface area contributed by atoms with Gasteiger partial charge >= 0.3 is 0 Å². The summed E-state index contributed by atoms with van der Waals surface area (Å²) < 4.78 is 5.65. The summed E-state index contributed by atoms with van der Waals surface area (Å²) in [6, 6.07) is 2.59. The highest BCUT2D eigenvalue weighted by Gasteiger charge is 2.13. The molecule has 1 heterocycles. The standard InChI is InChI=1S/C17H33N3O/c1-14(2)12-20(9-8-19(5)6)13-16-7-10-21-17(16)11-18-15(3)4/h7,10,14-15,18H,8-9,11-13H2,1-6H3. The summed E-state index contributed by atoms with van der Waals surface area (Å²) in [7, 11) is 4.26. The van der Waals surface area contributed by atoms with Gasteiger partial charge in [-0.25, -0.2) is 0 Å². The molecule has 0 amide bonds. The maximum atomic E-state index is 5.65. The van der Waals surface area contributed by atoms with Crippen LogP contribution in [-0.2, 0) is 13.1 Å². The van der Waals surface area contributed by atoms with E-state index in [2.05, 4.69) is 63.0 Å². The van der Waals surface area contributed by atoms with Gasteiger partial charge in [-0.3, -0.25) is 4.90 Å². The highest BCUT2D eigenvalue weighted by atomic mass is 16.3. The number of rotatable bonds is 10. The first kappa shape index (κ1) is 18.2. The van der Waals surface area contributed by atoms with Gasteiger partial charge in [0.15, 0.2) is 0 Å². The van der Waals surface area contributed by atoms with Crippen molar-refractivity contribution in [1.29, 1.82) is 0 Å². The van der Waals surface area contributed by atoms with Crippen molar-refractivity contribution in [2.75, 3.05) is 33.7 Å². The topological polar surface area (TPSA) is 31.6 Å². The summed E-state index contributed by atoms with van der Waals surface area (Å²) in [4.78, 5) is 4.76. The van der Waals surface area contributed by atoms with Gasteiger partial charge in [-0.15, -0.1) is 0 Å². The molecule has 0 atom stereocenters. The molecule has 4 heteroatoms. The van der Waals surface area contributed by atoms with Crippen molar-refractivity contribution in [2.45, 2.75) is 46.8 Å². The third kappa shape index (κ3) is 7.65. The lowest BCUT2D eigenvalue weighted by Crippen LogP contribution is -2.34. The average molecular weight is 295 g/mol. The number of nitrogens with one attached hydrogen (secondary N) is 1. The van der Waals surface area contributed by atoms with Crippen LogP contribution in [0, 0.1) is 5.92 Å². The number of nitrogens with zero attached hydrogens (tertiary/aromatic N) is 2. The Morgan fingerprint density at radius 2 is 1.86 bits per heavy atom. The van der Waals surface area contributed by atoms with E-state index in [1.165, 1.54) is 5.56 Å². The lowest BCUT2D eigenvalue weighted by molar-refractivity contribution is 0.210. The molecule has 0 unspecified atom stereocenters. The molecule has 0 saturated heterocycles. The minimum absolute atomic E-state index is 0.475. The van der Waals surface area contributed by atoms with Crippen molar-refractivity contribution in [1.82, 2.24) is 15.1 Å². The van der Waals surface area contributed by atoms with E-state index in [-0.39, 0.29) is 0 Å². The number of hydrogen-bond donors (Lipinski definition) is 1. The van der Waals surface area contributed by atoms with Crippen molar-refractivity contribution in [3.8, 4) is 0 Å². The molecule has 1 N–H and O–H groups in total. The maximum Gasteiger partial charge on any atom is 0.122 e. The largest absolute Gasteiger partial charge is 0.468 e. The third-order valence-electron chi connectivity index (χ3n) is 3.39. The fourth-order valence-corrected chi connectivity index (χ4v) is 2.29. The summed E-state index contributed by atoms with van der Waals surface area (Å²) in [5.74, 6) is 1.75. The van der Waals surface area contributed by atoms with Gasteiger partial charge in [0.25, 0.3) is 0 Å². The van der Waals surface area contributed by atoms with E-state index in [9.17, 15) is 0 Å². The molecule has 1 rings (SSSR count). The Balaban J connectivity index is 2.62. The first-order valence-electron chi connectivity index (χ1n) is 8.04. The molecule has 122 valence electrons. The lowest BCUT2D eigenvalue weighted by atomic mass is 10.1. The molecule has 0 aliphatic rings. The van der Waals surface area contributed by atoms with Crippen LogP contribution < -0.4 is 5.32 Å². The van der Waals surface area contributed by atoms with E-state index in [0.717, 1.165) is 38.5 Å². The van der Waals surface area contributed by atoms with E-state index >= 15 is 0 Å². The van der Waals surface area contributed by atoms with Gasteiger partial charge in [-0.1, -0.05) is 27.7 Å². The van der Waals surface area contributed by atoms with Crippen molar-refractivity contribution in [3.63, 3.8) is 0 Å². The van der Waals surface area contributed by atoms with Gasteiger partial charge in [0.2, 0.25) is 0 Å². The smallest absolute Gasteiger partial charge is 0.122 e. The fourth-order valence-electron chi connectivity index (χ4n) is 2.29. The zero-order valence-electron chi connectivity index (χ0n) is 14.6. The van der Waals surface area contributed by atoms with E-state index < -0.39 is 0 Å². The van der Waals surface area contributed by atoms with Crippen molar-refractivity contribution in [3.05, 3.63) is 23.7 Å². The SMILES string of the molecule is CC(C)CN(CCN(C)C)Cc1ccoc1CNC(C)C. The normalized spacial score (nSPS) is 12.3. The summed E-state index contributed by atoms with van der Waals surface area (Å²) in [5.41, 5.74) is 1.31. The minimum Gasteiger partial charge on any atom is -0.468 e.